The van der Waals surface area contributed by atoms with E-state index in [0.29, 0.717) is 0 Å². The molecule has 0 amide bonds. The van der Waals surface area contributed by atoms with Gasteiger partial charge in [0.1, 0.15) is 6.61 Å². The second kappa shape index (κ2) is 6.14. The van der Waals surface area contributed by atoms with E-state index in [2.05, 4.69) is 0 Å². The number of Topliss-reactive ketones (excluding diaryl/α,β-unsaturated/α-hetero) is 1. The van der Waals surface area contributed by atoms with Crippen LogP contribution >= 0.6 is 0 Å². The van der Waals surface area contributed by atoms with Gasteiger partial charge in [-0.15, -0.1) is 0 Å². The molecule has 1 aliphatic carbocycles. The van der Waals surface area contributed by atoms with Crippen molar-refractivity contribution >= 4 is 5.78 Å². The Kier molecular flexibility index (Phi) is 4.54. The van der Waals surface area contributed by atoms with E-state index in [0.717, 1.165) is 35.6 Å². The molecule has 1 fully saturated rings. The molecule has 0 saturated heterocycles. The van der Waals surface area contributed by atoms with Gasteiger partial charge in [0.05, 0.1) is 0 Å². The lowest BCUT2D eigenvalue weighted by molar-refractivity contribution is 0.0704. The molecular formula is C16H22O2. The summed E-state index contributed by atoms with van der Waals surface area (Å²) in [7, 11) is 0. The van der Waals surface area contributed by atoms with E-state index in [-0.39, 0.29) is 12.4 Å². The Hall–Kier alpha value is -1.15. The summed E-state index contributed by atoms with van der Waals surface area (Å²) >= 11 is 0. The maximum atomic E-state index is 12.0. The van der Waals surface area contributed by atoms with Crippen molar-refractivity contribution in [3.05, 3.63) is 34.9 Å². The van der Waals surface area contributed by atoms with Crippen LogP contribution in [0.5, 0.6) is 0 Å². The smallest absolute Gasteiger partial charge is 0.188 e. The summed E-state index contributed by atoms with van der Waals surface area (Å²) in [6.45, 7) is 4.92. The van der Waals surface area contributed by atoms with Gasteiger partial charge < -0.3 is 4.74 Å². The number of hydrogen-bond donors (Lipinski definition) is 0. The summed E-state index contributed by atoms with van der Waals surface area (Å²) in [5, 5.41) is 0. The van der Waals surface area contributed by atoms with Gasteiger partial charge in [-0.05, 0) is 37.8 Å². The van der Waals surface area contributed by atoms with Crippen molar-refractivity contribution in [2.24, 2.45) is 5.92 Å². The zero-order chi connectivity index (χ0) is 13.0. The van der Waals surface area contributed by atoms with Crippen molar-refractivity contribution < 1.29 is 9.53 Å². The molecule has 1 aliphatic rings. The lowest BCUT2D eigenvalue weighted by atomic mass is 9.83. The Labute approximate surface area is 109 Å². The topological polar surface area (TPSA) is 26.3 Å². The highest BCUT2D eigenvalue weighted by atomic mass is 16.5. The number of rotatable bonds is 6. The Balaban J connectivity index is 1.77. The molecule has 18 heavy (non-hydrogen) atoms. The molecule has 0 aromatic heterocycles. The zero-order valence-electron chi connectivity index (χ0n) is 11.4. The number of carbonyl (C=O) groups is 1. The summed E-state index contributed by atoms with van der Waals surface area (Å²) < 4.78 is 5.50. The summed E-state index contributed by atoms with van der Waals surface area (Å²) in [4.78, 5) is 12.0. The quantitative estimate of drug-likeness (QED) is 0.565. The number of hydrogen-bond acceptors (Lipinski definition) is 2. The van der Waals surface area contributed by atoms with Gasteiger partial charge in [-0.2, -0.15) is 0 Å². The minimum absolute atomic E-state index is 0.102. The number of carbonyl (C=O) groups excluding carboxylic acids is 1. The first-order valence-electron chi connectivity index (χ1n) is 6.85. The average Bonchev–Trinajstić information content (AvgIpc) is 2.29. The lowest BCUT2D eigenvalue weighted by Crippen LogP contribution is -2.16. The molecule has 2 rings (SSSR count). The van der Waals surface area contributed by atoms with Crippen LogP contribution in [0.15, 0.2) is 18.2 Å². The maximum absolute atomic E-state index is 12.0. The van der Waals surface area contributed by atoms with Gasteiger partial charge in [-0.1, -0.05) is 37.0 Å². The van der Waals surface area contributed by atoms with E-state index in [1.165, 1.54) is 19.3 Å². The van der Waals surface area contributed by atoms with Crippen LogP contribution in [0.2, 0.25) is 0 Å². The van der Waals surface area contributed by atoms with E-state index in [1.54, 1.807) is 0 Å². The minimum Gasteiger partial charge on any atom is -0.373 e. The number of aryl methyl sites for hydroxylation is 2. The third-order valence-electron chi connectivity index (χ3n) is 3.82. The van der Waals surface area contributed by atoms with Crippen LogP contribution in [0, 0.1) is 19.8 Å². The predicted octanol–water partition coefficient (Wildman–Crippen LogP) is 3.69. The van der Waals surface area contributed by atoms with Crippen LogP contribution in [0.25, 0.3) is 0 Å². The molecule has 0 heterocycles. The van der Waals surface area contributed by atoms with Crippen molar-refractivity contribution in [3.8, 4) is 0 Å². The van der Waals surface area contributed by atoms with Gasteiger partial charge in [0, 0.05) is 12.2 Å². The number of ketones is 1. The Morgan fingerprint density at radius 2 is 2.11 bits per heavy atom. The molecule has 0 aliphatic heterocycles. The molecule has 1 saturated carbocycles. The average molecular weight is 246 g/mol. The third-order valence-corrected chi connectivity index (χ3v) is 3.82. The molecule has 1 aromatic rings. The highest BCUT2D eigenvalue weighted by Gasteiger charge is 2.17. The standard InChI is InChI=1S/C16H22O2/c1-12-6-7-13(2)15(10-12)16(17)11-18-9-8-14-4-3-5-14/h6-7,10,14H,3-5,8-9,11H2,1-2H3. The largest absolute Gasteiger partial charge is 0.373 e. The summed E-state index contributed by atoms with van der Waals surface area (Å²) in [6.07, 6.45) is 5.16. The van der Waals surface area contributed by atoms with Gasteiger partial charge in [0.25, 0.3) is 0 Å². The molecule has 0 N–H and O–H groups in total. The van der Waals surface area contributed by atoms with Crippen molar-refractivity contribution in [3.63, 3.8) is 0 Å². The van der Waals surface area contributed by atoms with Crippen molar-refractivity contribution in [1.82, 2.24) is 0 Å². The first-order chi connectivity index (χ1) is 8.66. The maximum Gasteiger partial charge on any atom is 0.188 e. The van der Waals surface area contributed by atoms with Gasteiger partial charge in [0.2, 0.25) is 0 Å². The van der Waals surface area contributed by atoms with E-state index in [4.69, 9.17) is 4.74 Å². The third kappa shape index (κ3) is 3.42. The molecule has 1 aromatic carbocycles. The fourth-order valence-electron chi connectivity index (χ4n) is 2.31. The fraction of sp³-hybridized carbons (Fsp3) is 0.562. The molecule has 0 bridgehead atoms. The lowest BCUT2D eigenvalue weighted by Gasteiger charge is -2.24. The van der Waals surface area contributed by atoms with Gasteiger partial charge in [-0.25, -0.2) is 0 Å². The van der Waals surface area contributed by atoms with E-state index < -0.39 is 0 Å². The predicted molar refractivity (Wildman–Crippen MR) is 73.0 cm³/mol. The summed E-state index contributed by atoms with van der Waals surface area (Å²) in [6, 6.07) is 5.98. The number of benzene rings is 1. The Bertz CT molecular complexity index is 419. The van der Waals surface area contributed by atoms with Gasteiger partial charge >= 0.3 is 0 Å². The van der Waals surface area contributed by atoms with Gasteiger partial charge in [-0.3, -0.25) is 4.79 Å². The fourth-order valence-corrected chi connectivity index (χ4v) is 2.31. The molecule has 2 heteroatoms. The van der Waals surface area contributed by atoms with Crippen LogP contribution in [-0.2, 0) is 4.74 Å². The Morgan fingerprint density at radius 3 is 2.78 bits per heavy atom. The molecule has 2 nitrogen and oxygen atoms in total. The van der Waals surface area contributed by atoms with Crippen LogP contribution in [0.1, 0.15) is 47.2 Å². The molecule has 0 atom stereocenters. The molecule has 0 spiro atoms. The van der Waals surface area contributed by atoms with Crippen molar-refractivity contribution in [2.45, 2.75) is 39.5 Å². The molecule has 0 radical (unpaired) electrons. The first kappa shape index (κ1) is 13.3. The SMILES string of the molecule is Cc1ccc(C)c(C(=O)COCCC2CCC2)c1. The number of ether oxygens (including phenoxy) is 1. The van der Waals surface area contributed by atoms with E-state index in [1.807, 2.05) is 32.0 Å². The monoisotopic (exact) mass is 246 g/mol. The van der Waals surface area contributed by atoms with E-state index >= 15 is 0 Å². The van der Waals surface area contributed by atoms with Crippen molar-refractivity contribution in [1.29, 1.82) is 0 Å². The normalized spacial score (nSPS) is 15.4. The van der Waals surface area contributed by atoms with Crippen LogP contribution in [0.3, 0.4) is 0 Å². The minimum atomic E-state index is 0.102. The Morgan fingerprint density at radius 1 is 1.33 bits per heavy atom. The van der Waals surface area contributed by atoms with Crippen LogP contribution < -0.4 is 0 Å². The molecular weight excluding hydrogens is 224 g/mol. The van der Waals surface area contributed by atoms with Crippen LogP contribution in [0.4, 0.5) is 0 Å². The highest BCUT2D eigenvalue weighted by molar-refractivity contribution is 5.98. The zero-order valence-corrected chi connectivity index (χ0v) is 11.4. The van der Waals surface area contributed by atoms with Crippen LogP contribution in [-0.4, -0.2) is 19.0 Å². The van der Waals surface area contributed by atoms with Crippen molar-refractivity contribution in [2.75, 3.05) is 13.2 Å². The first-order valence-corrected chi connectivity index (χ1v) is 6.85. The summed E-state index contributed by atoms with van der Waals surface area (Å²) in [5.74, 6) is 0.950. The van der Waals surface area contributed by atoms with Gasteiger partial charge in [0.15, 0.2) is 5.78 Å². The second-order valence-corrected chi connectivity index (χ2v) is 5.38. The molecule has 0 unspecified atom stereocenters. The highest BCUT2D eigenvalue weighted by Crippen LogP contribution is 2.29. The second-order valence-electron chi connectivity index (χ2n) is 5.38. The summed E-state index contributed by atoms with van der Waals surface area (Å²) in [5.41, 5.74) is 2.96. The van der Waals surface area contributed by atoms with E-state index in [9.17, 15) is 4.79 Å². The molecule has 98 valence electrons.